The second-order valence-corrected chi connectivity index (χ2v) is 6.35. The highest BCUT2D eigenvalue weighted by Crippen LogP contribution is 2.27. The monoisotopic (exact) mass is 338 g/mol. The molecule has 0 saturated carbocycles. The van der Waals surface area contributed by atoms with E-state index in [4.69, 9.17) is 11.6 Å². The molecule has 3 rings (SSSR count). The molecule has 0 aliphatic heterocycles. The molecular formula is C21H21ClNO+. The van der Waals surface area contributed by atoms with E-state index in [1.807, 2.05) is 84.9 Å². The van der Waals surface area contributed by atoms with E-state index in [2.05, 4.69) is 5.32 Å². The highest BCUT2D eigenvalue weighted by Gasteiger charge is 2.33. The van der Waals surface area contributed by atoms with Gasteiger partial charge in [-0.1, -0.05) is 84.4 Å². The third-order valence-corrected chi connectivity index (χ3v) is 4.49. The number of hydrogen-bond donors (Lipinski definition) is 2. The third-order valence-electron chi connectivity index (χ3n) is 4.24. The molecule has 0 spiro atoms. The van der Waals surface area contributed by atoms with Crippen LogP contribution in [0.25, 0.3) is 0 Å². The van der Waals surface area contributed by atoms with Gasteiger partial charge in [0.25, 0.3) is 0 Å². The van der Waals surface area contributed by atoms with Crippen LogP contribution in [0.2, 0.25) is 5.02 Å². The Balaban J connectivity index is 1.79. The van der Waals surface area contributed by atoms with Gasteiger partial charge < -0.3 is 10.4 Å². The molecule has 0 aliphatic carbocycles. The predicted octanol–water partition coefficient (Wildman–Crippen LogP) is 3.34. The van der Waals surface area contributed by atoms with Crippen LogP contribution in [0, 0.1) is 0 Å². The first kappa shape index (κ1) is 16.7. The average molecular weight is 339 g/mol. The zero-order valence-electron chi connectivity index (χ0n) is 13.4. The van der Waals surface area contributed by atoms with Gasteiger partial charge in [0.05, 0.1) is 0 Å². The lowest BCUT2D eigenvalue weighted by Crippen LogP contribution is -2.86. The largest absolute Gasteiger partial charge is 0.375 e. The van der Waals surface area contributed by atoms with Crippen LogP contribution in [0.15, 0.2) is 84.9 Å². The van der Waals surface area contributed by atoms with Gasteiger partial charge in [0, 0.05) is 10.6 Å². The van der Waals surface area contributed by atoms with Crippen molar-refractivity contribution in [3.8, 4) is 0 Å². The Morgan fingerprint density at radius 3 is 1.75 bits per heavy atom. The van der Waals surface area contributed by atoms with Crippen LogP contribution in [-0.4, -0.2) is 11.7 Å². The molecule has 0 saturated heterocycles. The maximum Gasteiger partial charge on any atom is 0.163 e. The molecular weight excluding hydrogens is 318 g/mol. The minimum absolute atomic E-state index is 0.545. The van der Waals surface area contributed by atoms with Crippen molar-refractivity contribution in [1.29, 1.82) is 0 Å². The molecule has 0 bridgehead atoms. The van der Waals surface area contributed by atoms with Crippen molar-refractivity contribution in [3.05, 3.63) is 107 Å². The lowest BCUT2D eigenvalue weighted by Gasteiger charge is -2.27. The number of halogens is 1. The summed E-state index contributed by atoms with van der Waals surface area (Å²) in [5.74, 6) is 0. The number of quaternary nitrogens is 1. The fraction of sp³-hybridized carbons (Fsp3) is 0.143. The molecule has 0 atom stereocenters. The Hall–Kier alpha value is -2.13. The molecule has 122 valence electrons. The van der Waals surface area contributed by atoms with E-state index >= 15 is 0 Å². The van der Waals surface area contributed by atoms with Gasteiger partial charge in [-0.15, -0.1) is 0 Å². The second kappa shape index (κ2) is 7.63. The van der Waals surface area contributed by atoms with E-state index in [0.717, 1.165) is 22.7 Å². The molecule has 2 nitrogen and oxygen atoms in total. The number of aliphatic hydroxyl groups is 1. The highest BCUT2D eigenvalue weighted by molar-refractivity contribution is 6.30. The van der Waals surface area contributed by atoms with Crippen LogP contribution in [0.1, 0.15) is 16.7 Å². The smallest absolute Gasteiger partial charge is 0.163 e. The minimum atomic E-state index is -1.02. The molecule has 0 radical (unpaired) electrons. The zero-order chi connectivity index (χ0) is 16.8. The minimum Gasteiger partial charge on any atom is -0.375 e. The van der Waals surface area contributed by atoms with Gasteiger partial charge in [0.15, 0.2) is 5.60 Å². The van der Waals surface area contributed by atoms with Crippen molar-refractivity contribution >= 4 is 11.6 Å². The molecule has 3 heteroatoms. The van der Waals surface area contributed by atoms with Gasteiger partial charge in [0.2, 0.25) is 0 Å². The second-order valence-electron chi connectivity index (χ2n) is 5.92. The average Bonchev–Trinajstić information content (AvgIpc) is 2.65. The lowest BCUT2D eigenvalue weighted by molar-refractivity contribution is -0.682. The molecule has 24 heavy (non-hydrogen) atoms. The summed E-state index contributed by atoms with van der Waals surface area (Å²) < 4.78 is 0. The summed E-state index contributed by atoms with van der Waals surface area (Å²) >= 11 is 5.93. The first-order valence-electron chi connectivity index (χ1n) is 8.08. The van der Waals surface area contributed by atoms with Crippen LogP contribution in [0.4, 0.5) is 0 Å². The summed E-state index contributed by atoms with van der Waals surface area (Å²) in [6, 6.07) is 27.5. The van der Waals surface area contributed by atoms with Crippen molar-refractivity contribution in [1.82, 2.24) is 0 Å². The number of hydrogen-bond acceptors (Lipinski definition) is 1. The number of nitrogens with two attached hydrogens (primary N) is 1. The SMILES string of the molecule is OC(C[NH2+]Cc1ccc(Cl)cc1)(c1ccccc1)c1ccccc1. The Morgan fingerprint density at radius 1 is 0.750 bits per heavy atom. The summed E-state index contributed by atoms with van der Waals surface area (Å²) in [4.78, 5) is 0. The molecule has 3 aromatic carbocycles. The molecule has 3 aromatic rings. The molecule has 0 aromatic heterocycles. The lowest BCUT2D eigenvalue weighted by atomic mass is 9.86. The summed E-state index contributed by atoms with van der Waals surface area (Å²) in [5, 5.41) is 14.3. The molecule has 0 unspecified atom stereocenters. The molecule has 0 heterocycles. The quantitative estimate of drug-likeness (QED) is 0.710. The van der Waals surface area contributed by atoms with E-state index in [1.165, 1.54) is 5.56 Å². The predicted molar refractivity (Wildman–Crippen MR) is 97.8 cm³/mol. The van der Waals surface area contributed by atoms with E-state index in [1.54, 1.807) is 0 Å². The van der Waals surface area contributed by atoms with Crippen LogP contribution < -0.4 is 5.32 Å². The molecule has 0 amide bonds. The Labute approximate surface area is 147 Å². The number of benzene rings is 3. The molecule has 3 N–H and O–H groups in total. The third kappa shape index (κ3) is 3.85. The van der Waals surface area contributed by atoms with E-state index < -0.39 is 5.60 Å². The van der Waals surface area contributed by atoms with Crippen molar-refractivity contribution in [2.24, 2.45) is 0 Å². The Bertz CT molecular complexity index is 717. The van der Waals surface area contributed by atoms with Gasteiger partial charge >= 0.3 is 0 Å². The Kier molecular flexibility index (Phi) is 5.31. The Morgan fingerprint density at radius 2 is 1.25 bits per heavy atom. The standard InChI is InChI=1S/C21H20ClNO/c22-20-13-11-17(12-14-20)15-23-16-21(24,18-7-3-1-4-8-18)19-9-5-2-6-10-19/h1-14,23-24H,15-16H2/p+1. The van der Waals surface area contributed by atoms with E-state index in [-0.39, 0.29) is 0 Å². The van der Waals surface area contributed by atoms with Crippen LogP contribution in [0.5, 0.6) is 0 Å². The van der Waals surface area contributed by atoms with Crippen molar-refractivity contribution in [2.45, 2.75) is 12.1 Å². The van der Waals surface area contributed by atoms with Gasteiger partial charge in [-0.3, -0.25) is 0 Å². The molecule has 0 fully saturated rings. The molecule has 0 aliphatic rings. The highest BCUT2D eigenvalue weighted by atomic mass is 35.5. The zero-order valence-corrected chi connectivity index (χ0v) is 14.2. The van der Waals surface area contributed by atoms with Crippen LogP contribution >= 0.6 is 11.6 Å². The van der Waals surface area contributed by atoms with Crippen molar-refractivity contribution in [2.75, 3.05) is 6.54 Å². The van der Waals surface area contributed by atoms with Gasteiger partial charge in [-0.05, 0) is 23.3 Å². The summed E-state index contributed by atoms with van der Waals surface area (Å²) in [5.41, 5.74) is 1.98. The number of rotatable bonds is 6. The van der Waals surface area contributed by atoms with E-state index in [0.29, 0.717) is 6.54 Å². The van der Waals surface area contributed by atoms with Crippen LogP contribution in [-0.2, 0) is 12.1 Å². The van der Waals surface area contributed by atoms with E-state index in [9.17, 15) is 5.11 Å². The van der Waals surface area contributed by atoms with Gasteiger partial charge in [-0.25, -0.2) is 0 Å². The maximum absolute atomic E-state index is 11.4. The first-order chi connectivity index (χ1) is 11.7. The normalized spacial score (nSPS) is 11.4. The summed E-state index contributed by atoms with van der Waals surface area (Å²) in [7, 11) is 0. The fourth-order valence-corrected chi connectivity index (χ4v) is 3.02. The summed E-state index contributed by atoms with van der Waals surface area (Å²) in [6.45, 7) is 1.34. The maximum atomic E-state index is 11.4. The summed E-state index contributed by atoms with van der Waals surface area (Å²) in [6.07, 6.45) is 0. The van der Waals surface area contributed by atoms with Crippen LogP contribution in [0.3, 0.4) is 0 Å². The van der Waals surface area contributed by atoms with Gasteiger partial charge in [0.1, 0.15) is 13.1 Å². The van der Waals surface area contributed by atoms with Crippen molar-refractivity contribution in [3.63, 3.8) is 0 Å². The first-order valence-corrected chi connectivity index (χ1v) is 8.46. The topological polar surface area (TPSA) is 36.8 Å². The fourth-order valence-electron chi connectivity index (χ4n) is 2.90. The van der Waals surface area contributed by atoms with Crippen molar-refractivity contribution < 1.29 is 10.4 Å². The van der Waals surface area contributed by atoms with Gasteiger partial charge in [-0.2, -0.15) is 0 Å².